The van der Waals surface area contributed by atoms with Crippen LogP contribution in [0.1, 0.15) is 15.9 Å². The van der Waals surface area contributed by atoms with Crippen LogP contribution in [-0.2, 0) is 11.3 Å². The normalized spacial score (nSPS) is 11.4. The molecule has 0 saturated carbocycles. The standard InChI is InChI=1S/C20H17Cl2N3O4S/c1-28-16-9-13(8-15(22)18(16)29-11-17(23)26)19(27)24-20-25(6-7-30-20)10-12-4-2-3-5-14(12)21/h2-9H,10-11H2,1H3,(H2,23,26). The molecule has 1 heterocycles. The lowest BCUT2D eigenvalue weighted by Crippen LogP contribution is -2.20. The van der Waals surface area contributed by atoms with E-state index in [-0.39, 0.29) is 28.7 Å². The highest BCUT2D eigenvalue weighted by Crippen LogP contribution is 2.36. The summed E-state index contributed by atoms with van der Waals surface area (Å²) in [6.45, 7) is 0.101. The van der Waals surface area contributed by atoms with E-state index >= 15 is 0 Å². The largest absolute Gasteiger partial charge is 0.493 e. The monoisotopic (exact) mass is 465 g/mol. The molecule has 0 saturated heterocycles. The fraction of sp³-hybridized carbons (Fsp3) is 0.150. The molecule has 3 aromatic rings. The van der Waals surface area contributed by atoms with E-state index < -0.39 is 11.8 Å². The highest BCUT2D eigenvalue weighted by atomic mass is 35.5. The van der Waals surface area contributed by atoms with E-state index in [1.807, 2.05) is 40.4 Å². The molecule has 0 unspecified atom stereocenters. The minimum absolute atomic E-state index is 0.101. The number of nitrogens with two attached hydrogens (primary N) is 1. The topological polar surface area (TPSA) is 95.9 Å². The third-order valence-corrected chi connectivity index (χ3v) is 5.43. The van der Waals surface area contributed by atoms with Crippen molar-refractivity contribution in [2.75, 3.05) is 13.7 Å². The van der Waals surface area contributed by atoms with Crippen LogP contribution in [0.5, 0.6) is 11.5 Å². The Morgan fingerprint density at radius 3 is 2.67 bits per heavy atom. The number of carbonyl (C=O) groups is 2. The van der Waals surface area contributed by atoms with Gasteiger partial charge in [0.1, 0.15) is 0 Å². The van der Waals surface area contributed by atoms with Crippen LogP contribution in [0.3, 0.4) is 0 Å². The van der Waals surface area contributed by atoms with Gasteiger partial charge in [0.2, 0.25) is 0 Å². The van der Waals surface area contributed by atoms with Crippen molar-refractivity contribution in [3.05, 3.63) is 73.9 Å². The molecule has 1 aromatic heterocycles. The average molecular weight is 466 g/mol. The molecule has 2 aromatic carbocycles. The average Bonchev–Trinajstić information content (AvgIpc) is 3.14. The summed E-state index contributed by atoms with van der Waals surface area (Å²) in [6.07, 6.45) is 1.83. The molecule has 0 spiro atoms. The Bertz CT molecular complexity index is 1160. The van der Waals surface area contributed by atoms with Crippen LogP contribution in [0, 0.1) is 0 Å². The lowest BCUT2D eigenvalue weighted by atomic mass is 10.2. The number of ether oxygens (including phenoxy) is 2. The maximum atomic E-state index is 12.8. The molecule has 2 amide bonds. The van der Waals surface area contributed by atoms with Crippen LogP contribution in [0.25, 0.3) is 0 Å². The first-order valence-electron chi connectivity index (χ1n) is 8.64. The molecular weight excluding hydrogens is 449 g/mol. The smallest absolute Gasteiger partial charge is 0.279 e. The maximum Gasteiger partial charge on any atom is 0.279 e. The highest BCUT2D eigenvalue weighted by molar-refractivity contribution is 7.07. The summed E-state index contributed by atoms with van der Waals surface area (Å²) in [7, 11) is 1.39. The van der Waals surface area contributed by atoms with Crippen molar-refractivity contribution in [1.29, 1.82) is 0 Å². The van der Waals surface area contributed by atoms with Gasteiger partial charge in [0.05, 0.1) is 18.7 Å². The highest BCUT2D eigenvalue weighted by Gasteiger charge is 2.17. The van der Waals surface area contributed by atoms with E-state index in [0.29, 0.717) is 16.4 Å². The van der Waals surface area contributed by atoms with Crippen molar-refractivity contribution in [2.24, 2.45) is 10.7 Å². The number of methoxy groups -OCH3 is 1. The van der Waals surface area contributed by atoms with E-state index in [0.717, 1.165) is 5.56 Å². The fourth-order valence-electron chi connectivity index (χ4n) is 2.60. The lowest BCUT2D eigenvalue weighted by Gasteiger charge is -2.12. The molecule has 2 N–H and O–H groups in total. The van der Waals surface area contributed by atoms with Gasteiger partial charge in [-0.3, -0.25) is 9.59 Å². The van der Waals surface area contributed by atoms with Gasteiger partial charge < -0.3 is 19.8 Å². The molecule has 0 radical (unpaired) electrons. The number of thiazole rings is 1. The van der Waals surface area contributed by atoms with Gasteiger partial charge in [0.15, 0.2) is 22.9 Å². The Labute approximate surface area is 186 Å². The second kappa shape index (κ2) is 9.80. The van der Waals surface area contributed by atoms with Gasteiger partial charge >= 0.3 is 0 Å². The summed E-state index contributed by atoms with van der Waals surface area (Å²) in [4.78, 5) is 28.4. The maximum absolute atomic E-state index is 12.8. The molecule has 3 rings (SSSR count). The Hall–Kier alpha value is -2.81. The quantitative estimate of drug-likeness (QED) is 0.577. The minimum atomic E-state index is -0.663. The van der Waals surface area contributed by atoms with Crippen molar-refractivity contribution >= 4 is 46.4 Å². The number of hydrogen-bond acceptors (Lipinski definition) is 5. The van der Waals surface area contributed by atoms with Crippen molar-refractivity contribution in [1.82, 2.24) is 4.57 Å². The Balaban J connectivity index is 1.90. The number of aromatic nitrogens is 1. The number of nitrogens with zero attached hydrogens (tertiary/aromatic N) is 2. The van der Waals surface area contributed by atoms with Crippen LogP contribution in [0.4, 0.5) is 0 Å². The van der Waals surface area contributed by atoms with Gasteiger partial charge in [-0.1, -0.05) is 41.4 Å². The predicted molar refractivity (Wildman–Crippen MR) is 115 cm³/mol. The summed E-state index contributed by atoms with van der Waals surface area (Å²) >= 11 is 13.8. The summed E-state index contributed by atoms with van der Waals surface area (Å²) in [6, 6.07) is 10.3. The zero-order chi connectivity index (χ0) is 21.7. The number of halogens is 2. The Morgan fingerprint density at radius 2 is 1.97 bits per heavy atom. The van der Waals surface area contributed by atoms with Gasteiger partial charge in [0.25, 0.3) is 11.8 Å². The lowest BCUT2D eigenvalue weighted by molar-refractivity contribution is -0.119. The fourth-order valence-corrected chi connectivity index (χ4v) is 3.78. The summed E-state index contributed by atoms with van der Waals surface area (Å²) in [5, 5.41) is 2.57. The molecular formula is C20H17Cl2N3O4S. The molecule has 7 nitrogen and oxygen atoms in total. The zero-order valence-corrected chi connectivity index (χ0v) is 18.1. The molecule has 0 bridgehead atoms. The molecule has 10 heteroatoms. The molecule has 30 heavy (non-hydrogen) atoms. The van der Waals surface area contributed by atoms with E-state index in [9.17, 15) is 9.59 Å². The van der Waals surface area contributed by atoms with Gasteiger partial charge in [-0.05, 0) is 23.8 Å². The first-order valence-corrected chi connectivity index (χ1v) is 10.3. The number of rotatable bonds is 7. The Morgan fingerprint density at radius 1 is 1.20 bits per heavy atom. The number of amides is 2. The van der Waals surface area contributed by atoms with Gasteiger partial charge in [-0.15, -0.1) is 11.3 Å². The summed E-state index contributed by atoms with van der Waals surface area (Å²) < 4.78 is 12.3. The third kappa shape index (κ3) is 5.21. The van der Waals surface area contributed by atoms with Gasteiger partial charge in [-0.25, -0.2) is 0 Å². The second-order valence-electron chi connectivity index (χ2n) is 6.07. The number of primary amides is 1. The van der Waals surface area contributed by atoms with E-state index in [1.165, 1.54) is 30.6 Å². The van der Waals surface area contributed by atoms with Crippen LogP contribution in [0.2, 0.25) is 10.0 Å². The van der Waals surface area contributed by atoms with Gasteiger partial charge in [-0.2, -0.15) is 4.99 Å². The second-order valence-corrected chi connectivity index (χ2v) is 7.75. The van der Waals surface area contributed by atoms with Crippen molar-refractivity contribution in [3.8, 4) is 11.5 Å². The van der Waals surface area contributed by atoms with Crippen molar-refractivity contribution in [2.45, 2.75) is 6.54 Å². The number of hydrogen-bond donors (Lipinski definition) is 1. The van der Waals surface area contributed by atoms with E-state index in [2.05, 4.69) is 4.99 Å². The third-order valence-electron chi connectivity index (χ3n) is 3.99. The number of carbonyl (C=O) groups excluding carboxylic acids is 2. The van der Waals surface area contributed by atoms with Crippen molar-refractivity contribution < 1.29 is 19.1 Å². The Kier molecular flexibility index (Phi) is 7.15. The molecule has 0 fully saturated rings. The van der Waals surface area contributed by atoms with Crippen LogP contribution in [-0.4, -0.2) is 30.1 Å². The van der Waals surface area contributed by atoms with E-state index in [4.69, 9.17) is 38.4 Å². The molecule has 0 atom stereocenters. The minimum Gasteiger partial charge on any atom is -0.493 e. The summed E-state index contributed by atoms with van der Waals surface area (Å²) in [5.74, 6) is -0.854. The molecule has 0 aliphatic carbocycles. The van der Waals surface area contributed by atoms with Crippen LogP contribution < -0.4 is 20.0 Å². The molecule has 0 aliphatic heterocycles. The van der Waals surface area contributed by atoms with Crippen molar-refractivity contribution in [3.63, 3.8) is 0 Å². The van der Waals surface area contributed by atoms with Gasteiger partial charge in [0, 0.05) is 22.2 Å². The zero-order valence-electron chi connectivity index (χ0n) is 15.8. The SMILES string of the molecule is COc1cc(C(=O)N=c2sccn2Cc2ccccc2Cl)cc(Cl)c1OCC(N)=O. The predicted octanol–water partition coefficient (Wildman–Crippen LogP) is 3.52. The number of benzene rings is 2. The first kappa shape index (κ1) is 21.9. The van der Waals surface area contributed by atoms with Crippen LogP contribution in [0.15, 0.2) is 53.0 Å². The van der Waals surface area contributed by atoms with E-state index in [1.54, 1.807) is 0 Å². The first-order chi connectivity index (χ1) is 14.4. The van der Waals surface area contributed by atoms with Crippen LogP contribution >= 0.6 is 34.5 Å². The molecule has 156 valence electrons. The summed E-state index contributed by atoms with van der Waals surface area (Å²) in [5.41, 5.74) is 6.21. The molecule has 0 aliphatic rings.